The monoisotopic (exact) mass is 332 g/mol. The molecule has 0 aliphatic rings. The molecule has 82 valence electrons. The van der Waals surface area contributed by atoms with E-state index in [2.05, 4.69) is 62.1 Å². The van der Waals surface area contributed by atoms with Gasteiger partial charge in [-0.15, -0.1) is 0 Å². The number of likely N-dealkylation sites (N-methyl/N-ethyl adjacent to an activating group) is 1. The molecule has 0 aromatic carbocycles. The number of rotatable bonds is 3. The average molecular weight is 334 g/mol. The van der Waals surface area contributed by atoms with Crippen molar-refractivity contribution in [3.05, 3.63) is 32.5 Å². The van der Waals surface area contributed by atoms with Crippen LogP contribution in [0.2, 0.25) is 0 Å². The van der Waals surface area contributed by atoms with Gasteiger partial charge in [0.25, 0.3) is 0 Å². The van der Waals surface area contributed by atoms with Crippen molar-refractivity contribution in [3.8, 4) is 0 Å². The summed E-state index contributed by atoms with van der Waals surface area (Å²) < 4.78 is 1.98. The quantitative estimate of drug-likeness (QED) is 0.913. The fourth-order valence-corrected chi connectivity index (χ4v) is 2.20. The maximum Gasteiger partial charge on any atom is 0.0772 e. The summed E-state index contributed by atoms with van der Waals surface area (Å²) in [6.45, 7) is 4.22. The van der Waals surface area contributed by atoms with Crippen molar-refractivity contribution in [1.29, 1.82) is 0 Å². The third-order valence-electron chi connectivity index (χ3n) is 2.32. The third kappa shape index (κ3) is 3.70. The van der Waals surface area contributed by atoms with Crippen molar-refractivity contribution in [2.24, 2.45) is 0 Å². The van der Waals surface area contributed by atoms with Crippen LogP contribution in [0, 0.1) is 0 Å². The second kappa shape index (κ2) is 5.77. The molecule has 1 aromatic heterocycles. The summed E-state index contributed by atoms with van der Waals surface area (Å²) in [7, 11) is 1.95. The van der Waals surface area contributed by atoms with Gasteiger partial charge in [0.05, 0.1) is 5.69 Å². The van der Waals surface area contributed by atoms with Gasteiger partial charge in [0.15, 0.2) is 0 Å². The molecule has 4 heteroatoms. The van der Waals surface area contributed by atoms with Crippen LogP contribution in [0.1, 0.15) is 19.5 Å². The summed E-state index contributed by atoms with van der Waals surface area (Å²) in [6.07, 6.45) is 3.88. The Labute approximate surface area is 107 Å². The summed E-state index contributed by atoms with van der Waals surface area (Å²) in [5.74, 6) is 0. The van der Waals surface area contributed by atoms with Crippen molar-refractivity contribution >= 4 is 37.9 Å². The predicted octanol–water partition coefficient (Wildman–Crippen LogP) is 3.62. The first-order valence-corrected chi connectivity index (χ1v) is 6.29. The lowest BCUT2D eigenvalue weighted by Gasteiger charge is -2.10. The second-order valence-corrected chi connectivity index (χ2v) is 5.19. The Bertz CT molecular complexity index is 375. The first-order valence-electron chi connectivity index (χ1n) is 4.71. The molecule has 0 fully saturated rings. The molecule has 1 heterocycles. The molecule has 0 bridgehead atoms. The molecule has 0 aliphatic carbocycles. The summed E-state index contributed by atoms with van der Waals surface area (Å²) in [6, 6.07) is 2.36. The molecule has 1 atom stereocenters. The van der Waals surface area contributed by atoms with Crippen LogP contribution in [0.15, 0.2) is 26.8 Å². The minimum Gasteiger partial charge on any atom is -0.314 e. The molecule has 2 nitrogen and oxygen atoms in total. The van der Waals surface area contributed by atoms with E-state index >= 15 is 0 Å². The molecule has 0 saturated heterocycles. The molecular weight excluding hydrogens is 320 g/mol. The summed E-state index contributed by atoms with van der Waals surface area (Å²) in [4.78, 5) is 4.34. The minimum absolute atomic E-state index is 0.363. The number of halogens is 2. The van der Waals surface area contributed by atoms with Crippen molar-refractivity contribution in [3.63, 3.8) is 0 Å². The third-order valence-corrected chi connectivity index (χ3v) is 3.39. The van der Waals surface area contributed by atoms with Crippen molar-refractivity contribution in [2.75, 3.05) is 7.05 Å². The van der Waals surface area contributed by atoms with Gasteiger partial charge in [-0.25, -0.2) is 0 Å². The number of pyridine rings is 1. The van der Waals surface area contributed by atoms with Gasteiger partial charge in [0.1, 0.15) is 0 Å². The highest BCUT2D eigenvalue weighted by atomic mass is 79.9. The Morgan fingerprint density at radius 1 is 1.53 bits per heavy atom. The van der Waals surface area contributed by atoms with Gasteiger partial charge in [0.2, 0.25) is 0 Å². The molecule has 0 radical (unpaired) electrons. The van der Waals surface area contributed by atoms with E-state index in [-0.39, 0.29) is 0 Å². The first kappa shape index (κ1) is 12.9. The van der Waals surface area contributed by atoms with E-state index in [4.69, 9.17) is 0 Å². The molecule has 1 unspecified atom stereocenters. The zero-order valence-corrected chi connectivity index (χ0v) is 12.2. The van der Waals surface area contributed by atoms with E-state index < -0.39 is 0 Å². The number of aromatic nitrogens is 1. The molecule has 1 aromatic rings. The normalized spacial score (nSPS) is 14.1. The Balaban J connectivity index is 2.98. The summed E-state index contributed by atoms with van der Waals surface area (Å²) >= 11 is 6.87. The molecule has 0 spiro atoms. The topological polar surface area (TPSA) is 24.9 Å². The van der Waals surface area contributed by atoms with Crippen LogP contribution in [-0.2, 0) is 0 Å². The van der Waals surface area contributed by atoms with Crippen LogP contribution in [0.4, 0.5) is 0 Å². The molecule has 1 N–H and O–H groups in total. The zero-order chi connectivity index (χ0) is 11.4. The van der Waals surface area contributed by atoms with E-state index in [1.807, 2.05) is 13.1 Å². The average Bonchev–Trinajstić information content (AvgIpc) is 2.20. The number of nitrogens with one attached hydrogen (secondary N) is 1. The lowest BCUT2D eigenvalue weighted by atomic mass is 10.1. The maximum atomic E-state index is 4.34. The highest BCUT2D eigenvalue weighted by molar-refractivity contribution is 9.11. The highest BCUT2D eigenvalue weighted by Gasteiger charge is 2.03. The fraction of sp³-hybridized carbons (Fsp3) is 0.364. The van der Waals surface area contributed by atoms with Gasteiger partial charge in [-0.05, 0) is 64.9 Å². The van der Waals surface area contributed by atoms with E-state index in [0.717, 1.165) is 14.6 Å². The van der Waals surface area contributed by atoms with Gasteiger partial charge in [-0.2, -0.15) is 0 Å². The minimum atomic E-state index is 0.363. The zero-order valence-electron chi connectivity index (χ0n) is 9.01. The van der Waals surface area contributed by atoms with Gasteiger partial charge < -0.3 is 5.32 Å². The number of hydrogen-bond acceptors (Lipinski definition) is 2. The summed E-state index contributed by atoms with van der Waals surface area (Å²) in [5, 5.41) is 3.20. The van der Waals surface area contributed by atoms with Gasteiger partial charge in [0, 0.05) is 21.2 Å². The number of hydrogen-bond donors (Lipinski definition) is 1. The maximum absolute atomic E-state index is 4.34. The Morgan fingerprint density at radius 3 is 2.73 bits per heavy atom. The fourth-order valence-electron chi connectivity index (χ4n) is 1.10. The van der Waals surface area contributed by atoms with Crippen LogP contribution in [-0.4, -0.2) is 18.1 Å². The Hall–Kier alpha value is -0.190. The van der Waals surface area contributed by atoms with Crippen LogP contribution in [0.25, 0.3) is 6.08 Å². The SMILES string of the molecule is CNC(C)C(C)=Cc1ncc(Br)cc1Br. The lowest BCUT2D eigenvalue weighted by molar-refractivity contribution is 0.696. The van der Waals surface area contributed by atoms with Gasteiger partial charge in [-0.1, -0.05) is 5.57 Å². The molecule has 0 saturated carbocycles. The standard InChI is InChI=1S/C11H14Br2N2/c1-7(8(2)14-3)4-11-10(13)5-9(12)6-15-11/h4-6,8,14H,1-3H3. The predicted molar refractivity (Wildman–Crippen MR) is 71.8 cm³/mol. The van der Waals surface area contributed by atoms with Crippen molar-refractivity contribution < 1.29 is 0 Å². The molecule has 15 heavy (non-hydrogen) atoms. The van der Waals surface area contributed by atoms with Crippen LogP contribution in [0.3, 0.4) is 0 Å². The van der Waals surface area contributed by atoms with E-state index in [9.17, 15) is 0 Å². The number of nitrogens with zero attached hydrogens (tertiary/aromatic N) is 1. The highest BCUT2D eigenvalue weighted by Crippen LogP contribution is 2.21. The largest absolute Gasteiger partial charge is 0.314 e. The van der Waals surface area contributed by atoms with E-state index in [1.54, 1.807) is 6.20 Å². The van der Waals surface area contributed by atoms with Crippen LogP contribution >= 0.6 is 31.9 Å². The van der Waals surface area contributed by atoms with Crippen LogP contribution < -0.4 is 5.32 Å². The van der Waals surface area contributed by atoms with Crippen LogP contribution in [0.5, 0.6) is 0 Å². The summed E-state index contributed by atoms with van der Waals surface area (Å²) in [5.41, 5.74) is 2.21. The molecule has 0 amide bonds. The van der Waals surface area contributed by atoms with Gasteiger partial charge >= 0.3 is 0 Å². The van der Waals surface area contributed by atoms with Crippen molar-refractivity contribution in [2.45, 2.75) is 19.9 Å². The molecular formula is C11H14Br2N2. The molecule has 1 rings (SSSR count). The first-order chi connectivity index (χ1) is 7.04. The van der Waals surface area contributed by atoms with Crippen molar-refractivity contribution in [1.82, 2.24) is 10.3 Å². The van der Waals surface area contributed by atoms with E-state index in [0.29, 0.717) is 6.04 Å². The smallest absolute Gasteiger partial charge is 0.0772 e. The second-order valence-electron chi connectivity index (χ2n) is 3.42. The van der Waals surface area contributed by atoms with Gasteiger partial charge in [-0.3, -0.25) is 4.98 Å². The molecule has 0 aliphatic heterocycles. The Morgan fingerprint density at radius 2 is 2.20 bits per heavy atom. The Kier molecular flexibility index (Phi) is 4.96. The lowest BCUT2D eigenvalue weighted by Crippen LogP contribution is -2.22. The van der Waals surface area contributed by atoms with E-state index in [1.165, 1.54) is 5.57 Å².